The number of anilines is 2. The van der Waals surface area contributed by atoms with Gasteiger partial charge in [0.2, 0.25) is 0 Å². The Morgan fingerprint density at radius 2 is 1.52 bits per heavy atom. The van der Waals surface area contributed by atoms with Crippen LogP contribution in [0.15, 0.2) is 89.0 Å². The van der Waals surface area contributed by atoms with E-state index in [1.54, 1.807) is 11.8 Å². The number of hydrogen-bond acceptors (Lipinski definition) is 4. The van der Waals surface area contributed by atoms with Crippen molar-refractivity contribution < 1.29 is 4.79 Å². The molecule has 3 aromatic rings. The number of carbonyl (C=O) groups is 1. The first-order valence-electron chi connectivity index (χ1n) is 10.7. The molecule has 0 spiro atoms. The first-order chi connectivity index (χ1) is 15.1. The average Bonchev–Trinajstić information content (AvgIpc) is 2.96. The van der Waals surface area contributed by atoms with Crippen molar-refractivity contribution in [1.82, 2.24) is 0 Å². The molecule has 2 atom stereocenters. The summed E-state index contributed by atoms with van der Waals surface area (Å²) in [7, 11) is 0. The van der Waals surface area contributed by atoms with Crippen LogP contribution in [0.2, 0.25) is 0 Å². The van der Waals surface area contributed by atoms with Crippen LogP contribution in [0.3, 0.4) is 0 Å². The van der Waals surface area contributed by atoms with Crippen molar-refractivity contribution in [2.45, 2.75) is 36.6 Å². The van der Waals surface area contributed by atoms with Gasteiger partial charge in [0.05, 0.1) is 17.4 Å². The fourth-order valence-corrected chi connectivity index (χ4v) is 5.02. The monoisotopic (exact) mass is 426 g/mol. The molecule has 0 unspecified atom stereocenters. The summed E-state index contributed by atoms with van der Waals surface area (Å²) in [5.41, 5.74) is 7.55. The zero-order chi connectivity index (χ0) is 21.4. The highest BCUT2D eigenvalue weighted by atomic mass is 32.2. The Kier molecular flexibility index (Phi) is 5.33. The minimum absolute atomic E-state index is 0.159. The highest BCUT2D eigenvalue weighted by molar-refractivity contribution is 7.98. The van der Waals surface area contributed by atoms with E-state index < -0.39 is 0 Å². The molecule has 3 aromatic carbocycles. The zero-order valence-corrected chi connectivity index (χ0v) is 18.6. The number of carbonyl (C=O) groups excluding carboxylic acids is 1. The van der Waals surface area contributed by atoms with Crippen molar-refractivity contribution in [2.75, 3.05) is 16.9 Å². The average molecular weight is 427 g/mol. The lowest BCUT2D eigenvalue weighted by molar-refractivity contribution is -0.116. The molecular weight excluding hydrogens is 400 g/mol. The van der Waals surface area contributed by atoms with Crippen LogP contribution in [-0.2, 0) is 4.79 Å². The lowest BCUT2D eigenvalue weighted by atomic mass is 9.78. The second-order valence-electron chi connectivity index (χ2n) is 8.35. The molecule has 0 saturated heterocycles. The van der Waals surface area contributed by atoms with Gasteiger partial charge in [0.25, 0.3) is 0 Å². The Morgan fingerprint density at radius 1 is 0.839 bits per heavy atom. The van der Waals surface area contributed by atoms with Gasteiger partial charge in [-0.25, -0.2) is 0 Å². The molecule has 1 aliphatic heterocycles. The molecule has 1 aliphatic carbocycles. The predicted octanol–water partition coefficient (Wildman–Crippen LogP) is 6.70. The number of hydrogen-bond donors (Lipinski definition) is 2. The van der Waals surface area contributed by atoms with E-state index in [-0.39, 0.29) is 17.7 Å². The van der Waals surface area contributed by atoms with Gasteiger partial charge in [-0.2, -0.15) is 0 Å². The van der Waals surface area contributed by atoms with Gasteiger partial charge in [-0.3, -0.25) is 4.79 Å². The third kappa shape index (κ3) is 3.88. The van der Waals surface area contributed by atoms with E-state index in [9.17, 15) is 4.79 Å². The van der Waals surface area contributed by atoms with E-state index in [0.717, 1.165) is 34.6 Å². The Balaban J connectivity index is 1.58. The summed E-state index contributed by atoms with van der Waals surface area (Å²) in [4.78, 5) is 14.8. The maximum absolute atomic E-state index is 13.5. The van der Waals surface area contributed by atoms with Crippen LogP contribution < -0.4 is 10.6 Å². The normalized spacial score (nSPS) is 20.3. The molecule has 5 rings (SSSR count). The van der Waals surface area contributed by atoms with Crippen molar-refractivity contribution in [3.05, 3.63) is 101 Å². The number of Topliss-reactive ketones (excluding diaryl/α,β-unsaturated/α-hetero) is 1. The highest BCUT2D eigenvalue weighted by Gasteiger charge is 2.35. The molecule has 156 valence electrons. The van der Waals surface area contributed by atoms with Gasteiger partial charge in [0.15, 0.2) is 5.78 Å². The first kappa shape index (κ1) is 20.0. The number of allylic oxidation sites excluding steroid dienone is 1. The second-order valence-corrected chi connectivity index (χ2v) is 9.23. The fraction of sp³-hybridized carbons (Fsp3) is 0.222. The summed E-state index contributed by atoms with van der Waals surface area (Å²) < 4.78 is 0. The third-order valence-electron chi connectivity index (χ3n) is 6.31. The van der Waals surface area contributed by atoms with E-state index in [1.807, 2.05) is 12.1 Å². The van der Waals surface area contributed by atoms with Crippen LogP contribution >= 0.6 is 11.8 Å². The fourth-order valence-electron chi connectivity index (χ4n) is 4.61. The Morgan fingerprint density at radius 3 is 2.23 bits per heavy atom. The van der Waals surface area contributed by atoms with Gasteiger partial charge >= 0.3 is 0 Å². The largest absolute Gasteiger partial charge is 0.372 e. The number of aryl methyl sites for hydroxylation is 1. The van der Waals surface area contributed by atoms with Gasteiger partial charge in [-0.05, 0) is 60.9 Å². The number of fused-ring (bicyclic) bond motifs is 1. The molecule has 0 bridgehead atoms. The number of para-hydroxylation sites is 2. The molecule has 2 aliphatic rings. The molecule has 0 radical (unpaired) electrons. The number of thioether (sulfide) groups is 1. The van der Waals surface area contributed by atoms with Crippen LogP contribution in [0, 0.1) is 6.92 Å². The van der Waals surface area contributed by atoms with E-state index in [0.29, 0.717) is 6.42 Å². The molecule has 3 nitrogen and oxygen atoms in total. The predicted molar refractivity (Wildman–Crippen MR) is 130 cm³/mol. The molecule has 2 N–H and O–H groups in total. The summed E-state index contributed by atoms with van der Waals surface area (Å²) in [6.07, 6.45) is 3.45. The number of nitrogens with one attached hydrogen (secondary N) is 2. The van der Waals surface area contributed by atoms with Crippen molar-refractivity contribution in [3.8, 4) is 0 Å². The Bertz CT molecular complexity index is 1150. The van der Waals surface area contributed by atoms with E-state index in [1.165, 1.54) is 16.0 Å². The number of rotatable bonds is 3. The van der Waals surface area contributed by atoms with Crippen LogP contribution in [0.25, 0.3) is 0 Å². The Labute approximate surface area is 188 Å². The second kappa shape index (κ2) is 8.27. The van der Waals surface area contributed by atoms with E-state index >= 15 is 0 Å². The summed E-state index contributed by atoms with van der Waals surface area (Å²) >= 11 is 1.73. The van der Waals surface area contributed by atoms with E-state index in [2.05, 4.69) is 84.5 Å². The molecule has 31 heavy (non-hydrogen) atoms. The Hall–Kier alpha value is -2.98. The van der Waals surface area contributed by atoms with Gasteiger partial charge in [0, 0.05) is 22.6 Å². The van der Waals surface area contributed by atoms with Gasteiger partial charge in [-0.1, -0.05) is 54.1 Å². The molecule has 0 saturated carbocycles. The third-order valence-corrected chi connectivity index (χ3v) is 7.05. The first-order valence-corrected chi connectivity index (χ1v) is 11.9. The van der Waals surface area contributed by atoms with Crippen molar-refractivity contribution in [1.29, 1.82) is 0 Å². The lowest BCUT2D eigenvalue weighted by Gasteiger charge is -2.30. The summed E-state index contributed by atoms with van der Waals surface area (Å²) in [5, 5.41) is 7.27. The van der Waals surface area contributed by atoms with Crippen LogP contribution in [0.5, 0.6) is 0 Å². The minimum atomic E-state index is -0.159. The van der Waals surface area contributed by atoms with Crippen molar-refractivity contribution in [2.24, 2.45) is 0 Å². The lowest BCUT2D eigenvalue weighted by Crippen LogP contribution is -2.26. The van der Waals surface area contributed by atoms with E-state index in [4.69, 9.17) is 0 Å². The molecule has 1 heterocycles. The summed E-state index contributed by atoms with van der Waals surface area (Å²) in [5.74, 6) is 0.419. The van der Waals surface area contributed by atoms with Gasteiger partial charge < -0.3 is 10.6 Å². The highest BCUT2D eigenvalue weighted by Crippen LogP contribution is 2.44. The molecule has 0 aromatic heterocycles. The smallest absolute Gasteiger partial charge is 0.163 e. The topological polar surface area (TPSA) is 41.1 Å². The summed E-state index contributed by atoms with van der Waals surface area (Å²) in [6.45, 7) is 2.10. The van der Waals surface area contributed by atoms with Crippen LogP contribution in [0.1, 0.15) is 41.5 Å². The summed E-state index contributed by atoms with van der Waals surface area (Å²) in [6, 6.07) is 25.2. The van der Waals surface area contributed by atoms with Crippen LogP contribution in [-0.4, -0.2) is 12.0 Å². The van der Waals surface area contributed by atoms with Gasteiger partial charge in [0.1, 0.15) is 0 Å². The number of ketones is 1. The minimum Gasteiger partial charge on any atom is -0.372 e. The zero-order valence-electron chi connectivity index (χ0n) is 17.8. The maximum Gasteiger partial charge on any atom is 0.163 e. The maximum atomic E-state index is 13.5. The van der Waals surface area contributed by atoms with Crippen LogP contribution in [0.4, 0.5) is 11.4 Å². The molecule has 0 fully saturated rings. The molecule has 0 amide bonds. The molecule has 4 heteroatoms. The SMILES string of the molecule is CSc1ccc([C@@H]2Nc3ccccc3NC3=C2C(=O)C[C@@H](c2ccc(C)cc2)C3)cc1. The quantitative estimate of drug-likeness (QED) is 0.458. The number of benzene rings is 3. The van der Waals surface area contributed by atoms with Gasteiger partial charge in [-0.15, -0.1) is 11.8 Å². The standard InChI is InChI=1S/C27H26N2OS/c1-17-7-9-18(10-8-17)20-15-24-26(25(30)16-20)27(19-11-13-21(31-2)14-12-19)29-23-6-4-3-5-22(23)28-24/h3-14,20,27-29H,15-16H2,1-2H3/t20-,27-/m0/s1. The molecular formula is C27H26N2OS. The van der Waals surface area contributed by atoms with Crippen molar-refractivity contribution in [3.63, 3.8) is 0 Å². The van der Waals surface area contributed by atoms with Crippen molar-refractivity contribution >= 4 is 28.9 Å².